The Morgan fingerprint density at radius 2 is 2.35 bits per heavy atom. The van der Waals surface area contributed by atoms with Crippen molar-refractivity contribution in [3.8, 4) is 11.8 Å². The number of carbonyl (C=O) groups is 1. The number of nitrogens with zero attached hydrogens (tertiary/aromatic N) is 3. The van der Waals surface area contributed by atoms with Crippen LogP contribution in [0.1, 0.15) is 19.0 Å². The Kier molecular flexibility index (Phi) is 3.73. The van der Waals surface area contributed by atoms with E-state index in [0.29, 0.717) is 23.5 Å². The minimum Gasteiger partial charge on any atom is -0.341 e. The fraction of sp³-hybridized carbons (Fsp3) is 0.273. The van der Waals surface area contributed by atoms with Gasteiger partial charge in [0.2, 0.25) is 0 Å². The van der Waals surface area contributed by atoms with E-state index in [1.807, 2.05) is 0 Å². The molecule has 0 atom stereocenters. The quantitative estimate of drug-likeness (QED) is 0.640. The van der Waals surface area contributed by atoms with Gasteiger partial charge in [0.15, 0.2) is 10.8 Å². The lowest BCUT2D eigenvalue weighted by Crippen LogP contribution is -1.88. The van der Waals surface area contributed by atoms with Crippen molar-refractivity contribution in [2.24, 2.45) is 0 Å². The van der Waals surface area contributed by atoms with Gasteiger partial charge in [-0.1, -0.05) is 17.7 Å². The molecule has 0 fully saturated rings. The van der Waals surface area contributed by atoms with E-state index in [-0.39, 0.29) is 5.12 Å². The van der Waals surface area contributed by atoms with Crippen molar-refractivity contribution in [3.05, 3.63) is 18.3 Å². The summed E-state index contributed by atoms with van der Waals surface area (Å²) in [5, 5.41) is 0.116. The Labute approximate surface area is 102 Å². The van der Waals surface area contributed by atoms with Crippen LogP contribution in [0.4, 0.5) is 0 Å². The molecule has 0 aliphatic carbocycles. The van der Waals surface area contributed by atoms with Crippen LogP contribution in [0.2, 0.25) is 0 Å². The first-order valence-electron chi connectivity index (χ1n) is 5.03. The number of hydrogen-bond acceptors (Lipinski definition) is 5. The maximum absolute atomic E-state index is 10.7. The molecule has 0 aliphatic heterocycles. The summed E-state index contributed by atoms with van der Waals surface area (Å²) >= 11 is 1.28. The summed E-state index contributed by atoms with van der Waals surface area (Å²) in [6, 6.07) is 0. The molecule has 2 heterocycles. The monoisotopic (exact) mass is 246 g/mol. The first-order chi connectivity index (χ1) is 8.27. The second-order valence-corrected chi connectivity index (χ2v) is 4.49. The first-order valence-corrected chi connectivity index (χ1v) is 6.02. The predicted octanol–water partition coefficient (Wildman–Crippen LogP) is 1.37. The lowest BCUT2D eigenvalue weighted by atomic mass is 10.3. The fourth-order valence-corrected chi connectivity index (χ4v) is 1.74. The number of thioether (sulfide) groups is 1. The SMILES string of the molecule is CC(=O)SCCC#Cc1ncnc2nc[nH]c12. The third kappa shape index (κ3) is 3.04. The van der Waals surface area contributed by atoms with Crippen LogP contribution in [0.5, 0.6) is 0 Å². The molecule has 0 unspecified atom stereocenters. The number of H-pyrrole nitrogens is 1. The molecule has 17 heavy (non-hydrogen) atoms. The Hall–Kier alpha value is -1.87. The van der Waals surface area contributed by atoms with Crippen molar-refractivity contribution in [1.82, 2.24) is 19.9 Å². The number of hydrogen-bond donors (Lipinski definition) is 1. The number of carbonyl (C=O) groups excluding carboxylic acids is 1. The van der Waals surface area contributed by atoms with Gasteiger partial charge in [0, 0.05) is 19.1 Å². The first kappa shape index (κ1) is 11.6. The van der Waals surface area contributed by atoms with Gasteiger partial charge in [-0.15, -0.1) is 0 Å². The molecule has 0 aromatic carbocycles. The number of aromatic nitrogens is 4. The summed E-state index contributed by atoms with van der Waals surface area (Å²) in [6.45, 7) is 1.55. The summed E-state index contributed by atoms with van der Waals surface area (Å²) in [5.74, 6) is 6.64. The molecule has 0 spiro atoms. The topological polar surface area (TPSA) is 71.5 Å². The normalized spacial score (nSPS) is 9.94. The number of nitrogens with one attached hydrogen (secondary N) is 1. The third-order valence-corrected chi connectivity index (χ3v) is 2.78. The zero-order valence-corrected chi connectivity index (χ0v) is 10.0. The Balaban J connectivity index is 2.05. The molecule has 5 nitrogen and oxygen atoms in total. The van der Waals surface area contributed by atoms with Gasteiger partial charge in [0.25, 0.3) is 0 Å². The highest BCUT2D eigenvalue weighted by molar-refractivity contribution is 8.13. The molecule has 2 rings (SSSR count). The number of aromatic amines is 1. The molecule has 0 aliphatic rings. The van der Waals surface area contributed by atoms with Crippen LogP contribution < -0.4 is 0 Å². The standard InChI is InChI=1S/C11H10N4OS/c1-8(16)17-5-3-2-4-9-10-11(14-6-12-9)15-7-13-10/h6-7H,3,5H2,1H3,(H,12,13,14,15). The van der Waals surface area contributed by atoms with E-state index in [1.54, 1.807) is 13.3 Å². The molecule has 0 radical (unpaired) electrons. The number of imidazole rings is 1. The summed E-state index contributed by atoms with van der Waals surface area (Å²) in [4.78, 5) is 25.8. The molecule has 86 valence electrons. The second-order valence-electron chi connectivity index (χ2n) is 3.22. The van der Waals surface area contributed by atoms with Crippen LogP contribution in [-0.4, -0.2) is 30.8 Å². The molecule has 1 N–H and O–H groups in total. The average molecular weight is 246 g/mol. The van der Waals surface area contributed by atoms with Crippen molar-refractivity contribution in [2.45, 2.75) is 13.3 Å². The average Bonchev–Trinajstić information content (AvgIpc) is 2.77. The molecular formula is C11H10N4OS. The number of rotatable bonds is 2. The van der Waals surface area contributed by atoms with Gasteiger partial charge < -0.3 is 4.98 Å². The summed E-state index contributed by atoms with van der Waals surface area (Å²) in [7, 11) is 0. The van der Waals surface area contributed by atoms with Crippen molar-refractivity contribution >= 4 is 28.0 Å². The lowest BCUT2D eigenvalue weighted by Gasteiger charge is -1.91. The van der Waals surface area contributed by atoms with Gasteiger partial charge >= 0.3 is 0 Å². The molecule has 2 aromatic rings. The number of fused-ring (bicyclic) bond motifs is 1. The van der Waals surface area contributed by atoms with Crippen LogP contribution >= 0.6 is 11.8 Å². The maximum Gasteiger partial charge on any atom is 0.185 e. The molecular weight excluding hydrogens is 236 g/mol. The molecule has 6 heteroatoms. The van der Waals surface area contributed by atoms with Crippen LogP contribution in [0.25, 0.3) is 11.2 Å². The summed E-state index contributed by atoms with van der Waals surface area (Å²) < 4.78 is 0. The van der Waals surface area contributed by atoms with Crippen molar-refractivity contribution in [1.29, 1.82) is 0 Å². The van der Waals surface area contributed by atoms with E-state index >= 15 is 0 Å². The molecule has 0 amide bonds. The zero-order chi connectivity index (χ0) is 12.1. The lowest BCUT2D eigenvalue weighted by molar-refractivity contribution is -0.109. The fourth-order valence-electron chi connectivity index (χ4n) is 1.25. The molecule has 2 aromatic heterocycles. The Morgan fingerprint density at radius 1 is 1.47 bits per heavy atom. The largest absolute Gasteiger partial charge is 0.341 e. The van der Waals surface area contributed by atoms with Gasteiger partial charge in [-0.25, -0.2) is 15.0 Å². The van der Waals surface area contributed by atoms with Crippen LogP contribution in [0, 0.1) is 11.8 Å². The van der Waals surface area contributed by atoms with E-state index in [4.69, 9.17) is 0 Å². The van der Waals surface area contributed by atoms with E-state index in [9.17, 15) is 4.79 Å². The smallest absolute Gasteiger partial charge is 0.185 e. The van der Waals surface area contributed by atoms with E-state index in [0.717, 1.165) is 5.52 Å². The van der Waals surface area contributed by atoms with Gasteiger partial charge in [0.05, 0.1) is 6.33 Å². The Morgan fingerprint density at radius 3 is 3.18 bits per heavy atom. The van der Waals surface area contributed by atoms with Gasteiger partial charge in [-0.3, -0.25) is 4.79 Å². The third-order valence-electron chi connectivity index (χ3n) is 1.96. The van der Waals surface area contributed by atoms with E-state index in [1.165, 1.54) is 18.1 Å². The molecule has 0 bridgehead atoms. The minimum absolute atomic E-state index is 0.116. The van der Waals surface area contributed by atoms with E-state index < -0.39 is 0 Å². The highest BCUT2D eigenvalue weighted by atomic mass is 32.2. The van der Waals surface area contributed by atoms with E-state index in [2.05, 4.69) is 31.8 Å². The highest BCUT2D eigenvalue weighted by Gasteiger charge is 2.01. The highest BCUT2D eigenvalue weighted by Crippen LogP contribution is 2.08. The summed E-state index contributed by atoms with van der Waals surface area (Å²) in [5.41, 5.74) is 2.00. The van der Waals surface area contributed by atoms with Crippen molar-refractivity contribution in [2.75, 3.05) is 5.75 Å². The van der Waals surface area contributed by atoms with Gasteiger partial charge in [0.1, 0.15) is 17.5 Å². The van der Waals surface area contributed by atoms with Crippen LogP contribution in [0.15, 0.2) is 12.7 Å². The van der Waals surface area contributed by atoms with Crippen LogP contribution in [0.3, 0.4) is 0 Å². The van der Waals surface area contributed by atoms with Crippen molar-refractivity contribution < 1.29 is 4.79 Å². The van der Waals surface area contributed by atoms with Crippen molar-refractivity contribution in [3.63, 3.8) is 0 Å². The summed E-state index contributed by atoms with van der Waals surface area (Å²) in [6.07, 6.45) is 3.66. The van der Waals surface area contributed by atoms with Crippen LogP contribution in [-0.2, 0) is 4.79 Å². The minimum atomic E-state index is 0.116. The molecule has 0 saturated heterocycles. The zero-order valence-electron chi connectivity index (χ0n) is 9.23. The predicted molar refractivity (Wildman–Crippen MR) is 66.3 cm³/mol. The van der Waals surface area contributed by atoms with Gasteiger partial charge in [-0.05, 0) is 5.92 Å². The second kappa shape index (κ2) is 5.46. The molecule has 0 saturated carbocycles. The maximum atomic E-state index is 10.7. The van der Waals surface area contributed by atoms with Gasteiger partial charge in [-0.2, -0.15) is 0 Å². The Bertz CT molecular complexity index is 596.